The Hall–Kier alpha value is -2.00. The second-order valence-corrected chi connectivity index (χ2v) is 4.87. The van der Waals surface area contributed by atoms with Gasteiger partial charge in [-0.3, -0.25) is 14.2 Å². The van der Waals surface area contributed by atoms with Crippen LogP contribution >= 0.6 is 0 Å². The smallest absolute Gasteiger partial charge is 0.342 e. The number of ketones is 1. The van der Waals surface area contributed by atoms with Crippen LogP contribution in [0.2, 0.25) is 0 Å². The van der Waals surface area contributed by atoms with Gasteiger partial charge in [-0.05, 0) is 12.1 Å². The van der Waals surface area contributed by atoms with Crippen molar-refractivity contribution in [1.29, 1.82) is 0 Å². The van der Waals surface area contributed by atoms with E-state index in [0.29, 0.717) is 5.69 Å². The van der Waals surface area contributed by atoms with Crippen molar-refractivity contribution in [1.82, 2.24) is 14.5 Å². The number of aromatic nitrogens is 2. The third kappa shape index (κ3) is 2.31. The highest BCUT2D eigenvalue weighted by molar-refractivity contribution is 7.88. The lowest BCUT2D eigenvalue weighted by Crippen LogP contribution is -2.32. The van der Waals surface area contributed by atoms with Crippen LogP contribution in [0.3, 0.4) is 0 Å². The molecule has 96 valence electrons. The van der Waals surface area contributed by atoms with E-state index >= 15 is 0 Å². The molecule has 18 heavy (non-hydrogen) atoms. The minimum absolute atomic E-state index is 0.0885. The molecule has 0 bridgehead atoms. The van der Waals surface area contributed by atoms with Gasteiger partial charge in [-0.15, -0.1) is 4.40 Å². The summed E-state index contributed by atoms with van der Waals surface area (Å²) in [4.78, 5) is 11.3. The molecule has 1 aliphatic rings. The number of allylic oxidation sites excluding steroid dienone is 1. The van der Waals surface area contributed by atoms with E-state index in [1.165, 1.54) is 17.0 Å². The number of aliphatic hydroxyl groups excluding tert-OH is 1. The lowest BCUT2D eigenvalue weighted by molar-refractivity contribution is -0.118. The molecule has 0 saturated carbocycles. The molecule has 0 atom stereocenters. The summed E-state index contributed by atoms with van der Waals surface area (Å²) in [6, 6.07) is 1.57. The quantitative estimate of drug-likeness (QED) is 0.694. The predicted molar refractivity (Wildman–Crippen MR) is 62.0 cm³/mol. The summed E-state index contributed by atoms with van der Waals surface area (Å²) >= 11 is 0. The third-order valence-corrected chi connectivity index (χ3v) is 3.18. The first-order valence-electron chi connectivity index (χ1n) is 4.90. The molecule has 0 fully saturated rings. The third-order valence-electron chi connectivity index (χ3n) is 2.27. The largest absolute Gasteiger partial charge is 0.388 e. The average Bonchev–Trinajstić information content (AvgIpc) is 2.72. The Morgan fingerprint density at radius 2 is 2.28 bits per heavy atom. The molecule has 1 aromatic rings. The van der Waals surface area contributed by atoms with Gasteiger partial charge >= 0.3 is 10.2 Å². The molecule has 1 aromatic heterocycles. The van der Waals surface area contributed by atoms with Gasteiger partial charge < -0.3 is 5.11 Å². The molecule has 0 aromatic carbocycles. The van der Waals surface area contributed by atoms with Crippen LogP contribution in [0.15, 0.2) is 28.4 Å². The van der Waals surface area contributed by atoms with E-state index in [1.54, 1.807) is 13.1 Å². The standard InChI is InChI=1S/C9H10N4O4S/c1-13-8(2-3-10-13)6-4-7(9(15)5-14)12-18(16,17)11-6/h2-4,12,14H,5H2,1H3. The highest BCUT2D eigenvalue weighted by Crippen LogP contribution is 2.11. The Morgan fingerprint density at radius 3 is 2.83 bits per heavy atom. The second kappa shape index (κ2) is 4.35. The molecule has 0 radical (unpaired) electrons. The molecule has 8 nitrogen and oxygen atoms in total. The van der Waals surface area contributed by atoms with Crippen LogP contribution < -0.4 is 4.72 Å². The summed E-state index contributed by atoms with van der Waals surface area (Å²) in [6.45, 7) is -0.785. The number of nitrogens with one attached hydrogen (secondary N) is 1. The van der Waals surface area contributed by atoms with Crippen molar-refractivity contribution in [3.8, 4) is 0 Å². The summed E-state index contributed by atoms with van der Waals surface area (Å²) in [6.07, 6.45) is 2.74. The lowest BCUT2D eigenvalue weighted by atomic mass is 10.2. The number of carbonyl (C=O) groups excluding carboxylic acids is 1. The van der Waals surface area contributed by atoms with Crippen LogP contribution in [0.1, 0.15) is 5.69 Å². The number of aliphatic hydroxyl groups is 1. The molecule has 1 aliphatic heterocycles. The van der Waals surface area contributed by atoms with Gasteiger partial charge in [0.2, 0.25) is 5.78 Å². The Bertz CT molecular complexity index is 656. The van der Waals surface area contributed by atoms with E-state index in [4.69, 9.17) is 5.11 Å². The molecule has 9 heteroatoms. The van der Waals surface area contributed by atoms with E-state index in [1.807, 2.05) is 4.72 Å². The Labute approximate surface area is 103 Å². The van der Waals surface area contributed by atoms with E-state index in [2.05, 4.69) is 9.50 Å². The number of hydrogen-bond acceptors (Lipinski definition) is 5. The maximum Gasteiger partial charge on any atom is 0.342 e. The van der Waals surface area contributed by atoms with E-state index in [9.17, 15) is 13.2 Å². The van der Waals surface area contributed by atoms with Crippen LogP contribution in [0, 0.1) is 0 Å². The summed E-state index contributed by atoms with van der Waals surface area (Å²) in [7, 11) is -2.36. The predicted octanol–water partition coefficient (Wildman–Crippen LogP) is -1.50. The van der Waals surface area contributed by atoms with Crippen molar-refractivity contribution in [2.75, 3.05) is 6.61 Å². The number of carbonyl (C=O) groups is 1. The van der Waals surface area contributed by atoms with Gasteiger partial charge in [-0.1, -0.05) is 0 Å². The maximum absolute atomic E-state index is 11.5. The van der Waals surface area contributed by atoms with Crippen LogP contribution in [-0.2, 0) is 22.1 Å². The Balaban J connectivity index is 2.52. The molecule has 2 rings (SSSR count). The zero-order chi connectivity index (χ0) is 13.3. The zero-order valence-corrected chi connectivity index (χ0v) is 10.2. The molecular formula is C9H10N4O4S. The van der Waals surface area contributed by atoms with Gasteiger partial charge in [0.1, 0.15) is 12.3 Å². The average molecular weight is 270 g/mol. The van der Waals surface area contributed by atoms with Crippen molar-refractivity contribution in [3.63, 3.8) is 0 Å². The molecule has 0 spiro atoms. The van der Waals surface area contributed by atoms with Crippen molar-refractivity contribution < 1.29 is 18.3 Å². The summed E-state index contributed by atoms with van der Waals surface area (Å²) in [5, 5.41) is 12.6. The first-order chi connectivity index (χ1) is 8.43. The summed E-state index contributed by atoms with van der Waals surface area (Å²) in [5.41, 5.74) is 0.317. The van der Waals surface area contributed by atoms with Crippen molar-refractivity contribution >= 4 is 21.7 Å². The van der Waals surface area contributed by atoms with Gasteiger partial charge in [0.25, 0.3) is 0 Å². The van der Waals surface area contributed by atoms with Gasteiger partial charge in [-0.2, -0.15) is 13.5 Å². The Morgan fingerprint density at radius 1 is 1.56 bits per heavy atom. The number of nitrogens with zero attached hydrogens (tertiary/aromatic N) is 3. The summed E-state index contributed by atoms with van der Waals surface area (Å²) in [5.74, 6) is -0.729. The zero-order valence-electron chi connectivity index (χ0n) is 9.36. The number of aryl methyl sites for hydroxylation is 1. The number of hydrogen-bond donors (Lipinski definition) is 2. The van der Waals surface area contributed by atoms with Crippen LogP contribution in [-0.4, -0.2) is 41.4 Å². The van der Waals surface area contributed by atoms with Gasteiger partial charge in [0.15, 0.2) is 0 Å². The van der Waals surface area contributed by atoms with E-state index in [-0.39, 0.29) is 11.4 Å². The normalized spacial score (nSPS) is 17.7. The first-order valence-corrected chi connectivity index (χ1v) is 6.34. The van der Waals surface area contributed by atoms with Crippen molar-refractivity contribution in [2.45, 2.75) is 0 Å². The topological polar surface area (TPSA) is 114 Å². The summed E-state index contributed by atoms with van der Waals surface area (Å²) < 4.78 is 29.9. The van der Waals surface area contributed by atoms with Gasteiger partial charge in [0, 0.05) is 13.2 Å². The van der Waals surface area contributed by atoms with Crippen molar-refractivity contribution in [3.05, 3.63) is 29.7 Å². The molecule has 0 aliphatic carbocycles. The fourth-order valence-corrected chi connectivity index (χ4v) is 2.35. The van der Waals surface area contributed by atoms with E-state index < -0.39 is 22.6 Å². The molecule has 0 saturated heterocycles. The minimum atomic E-state index is -3.98. The lowest BCUT2D eigenvalue weighted by Gasteiger charge is -2.13. The van der Waals surface area contributed by atoms with Gasteiger partial charge in [0.05, 0.1) is 11.4 Å². The van der Waals surface area contributed by atoms with Crippen LogP contribution in [0.25, 0.3) is 0 Å². The molecule has 2 N–H and O–H groups in total. The van der Waals surface area contributed by atoms with Crippen LogP contribution in [0.5, 0.6) is 0 Å². The fourth-order valence-electron chi connectivity index (χ4n) is 1.45. The number of Topliss-reactive ketones (excluding diaryl/α,β-unsaturated/α-hetero) is 1. The molecule has 0 amide bonds. The first kappa shape index (κ1) is 12.5. The highest BCUT2D eigenvalue weighted by Gasteiger charge is 2.23. The Kier molecular flexibility index (Phi) is 3.01. The second-order valence-electron chi connectivity index (χ2n) is 3.53. The molecular weight excluding hydrogens is 260 g/mol. The van der Waals surface area contributed by atoms with E-state index in [0.717, 1.165) is 0 Å². The maximum atomic E-state index is 11.5. The van der Waals surface area contributed by atoms with Gasteiger partial charge in [-0.25, -0.2) is 0 Å². The fraction of sp³-hybridized carbons (Fsp3) is 0.222. The molecule has 2 heterocycles. The highest BCUT2D eigenvalue weighted by atomic mass is 32.2. The van der Waals surface area contributed by atoms with Crippen molar-refractivity contribution in [2.24, 2.45) is 11.4 Å². The minimum Gasteiger partial charge on any atom is -0.388 e. The SMILES string of the molecule is Cn1nccc1C1=NS(=O)(=O)NC(C(=O)CO)=C1. The number of rotatable bonds is 3. The monoisotopic (exact) mass is 270 g/mol. The molecule has 0 unspecified atom stereocenters. The van der Waals surface area contributed by atoms with Crippen LogP contribution in [0.4, 0.5) is 0 Å².